The quantitative estimate of drug-likeness (QED) is 0.376. The third kappa shape index (κ3) is 4.70. The molecule has 3 rings (SSSR count). The van der Waals surface area contributed by atoms with Gasteiger partial charge in [0.1, 0.15) is 5.75 Å². The van der Waals surface area contributed by atoms with Crippen molar-refractivity contribution in [2.75, 3.05) is 18.5 Å². The van der Waals surface area contributed by atoms with Crippen LogP contribution in [0.4, 0.5) is 5.69 Å². The number of rotatable bonds is 6. The molecule has 0 fully saturated rings. The first-order chi connectivity index (χ1) is 14.2. The lowest BCUT2D eigenvalue weighted by molar-refractivity contribution is 0.0734. The number of carbonyl (C=O) groups is 1. The lowest BCUT2D eigenvalue weighted by Crippen LogP contribution is -2.26. The van der Waals surface area contributed by atoms with Crippen molar-refractivity contribution >= 4 is 44.9 Å². The summed E-state index contributed by atoms with van der Waals surface area (Å²) >= 11 is 11.9. The average Bonchev–Trinajstić information content (AvgIpc) is 2.75. The molecule has 30 heavy (non-hydrogen) atoms. The summed E-state index contributed by atoms with van der Waals surface area (Å²) in [5, 5.41) is 0.551. The molecule has 0 amide bonds. The maximum absolute atomic E-state index is 13.0. The molecule has 0 saturated heterocycles. The smallest absolute Gasteiger partial charge is 0.343 e. The molecule has 0 heterocycles. The van der Waals surface area contributed by atoms with Gasteiger partial charge in [0.25, 0.3) is 10.0 Å². The Balaban J connectivity index is 1.87. The van der Waals surface area contributed by atoms with Gasteiger partial charge >= 0.3 is 5.97 Å². The maximum Gasteiger partial charge on any atom is 0.343 e. The Morgan fingerprint density at radius 1 is 0.967 bits per heavy atom. The standard InChI is InChI=1S/C21H17Cl2NO5S/c1-24(16-7-9-17(28-2)10-8-16)30(26,27)18-5-3-4-14(12-18)21(25)29-20-13-15(22)6-11-19(20)23/h3-13H,1-2H3. The van der Waals surface area contributed by atoms with Gasteiger partial charge in [-0.2, -0.15) is 0 Å². The van der Waals surface area contributed by atoms with Crippen LogP contribution in [-0.4, -0.2) is 28.5 Å². The Morgan fingerprint density at radius 3 is 2.33 bits per heavy atom. The van der Waals surface area contributed by atoms with Gasteiger partial charge in [-0.1, -0.05) is 29.3 Å². The Labute approximate surface area is 184 Å². The topological polar surface area (TPSA) is 72.9 Å². The van der Waals surface area contributed by atoms with Gasteiger partial charge in [0, 0.05) is 18.1 Å². The highest BCUT2D eigenvalue weighted by Gasteiger charge is 2.23. The van der Waals surface area contributed by atoms with Gasteiger partial charge in [-0.05, 0) is 54.6 Å². The fraction of sp³-hybridized carbons (Fsp3) is 0.0952. The first-order valence-corrected chi connectivity index (χ1v) is 10.8. The van der Waals surface area contributed by atoms with Crippen LogP contribution in [-0.2, 0) is 10.0 Å². The fourth-order valence-corrected chi connectivity index (χ4v) is 4.15. The summed E-state index contributed by atoms with van der Waals surface area (Å²) in [6.07, 6.45) is 0. The summed E-state index contributed by atoms with van der Waals surface area (Å²) in [7, 11) is -0.969. The molecule has 0 saturated carbocycles. The molecule has 6 nitrogen and oxygen atoms in total. The first-order valence-electron chi connectivity index (χ1n) is 8.62. The molecule has 0 unspecified atom stereocenters. The van der Waals surface area contributed by atoms with E-state index in [9.17, 15) is 13.2 Å². The van der Waals surface area contributed by atoms with Crippen LogP contribution in [0.1, 0.15) is 10.4 Å². The van der Waals surface area contributed by atoms with Gasteiger partial charge in [0.15, 0.2) is 5.75 Å². The molecule has 0 radical (unpaired) electrons. The van der Waals surface area contributed by atoms with Crippen molar-refractivity contribution in [1.82, 2.24) is 0 Å². The number of carbonyl (C=O) groups excluding carboxylic acids is 1. The highest BCUT2D eigenvalue weighted by atomic mass is 35.5. The number of hydrogen-bond donors (Lipinski definition) is 0. The predicted octanol–water partition coefficient (Wildman–Crippen LogP) is 5.05. The minimum Gasteiger partial charge on any atom is -0.497 e. The number of esters is 1. The summed E-state index contributed by atoms with van der Waals surface area (Å²) in [6, 6.07) is 16.6. The molecule has 0 aromatic heterocycles. The zero-order valence-electron chi connectivity index (χ0n) is 16.0. The first kappa shape index (κ1) is 22.0. The van der Waals surface area contributed by atoms with Crippen molar-refractivity contribution in [3.8, 4) is 11.5 Å². The van der Waals surface area contributed by atoms with E-state index in [-0.39, 0.29) is 21.2 Å². The van der Waals surface area contributed by atoms with Crippen LogP contribution in [0.5, 0.6) is 11.5 Å². The molecule has 0 N–H and O–H groups in total. The van der Waals surface area contributed by atoms with E-state index < -0.39 is 16.0 Å². The normalized spacial score (nSPS) is 11.1. The van der Waals surface area contributed by atoms with Crippen LogP contribution in [0.25, 0.3) is 0 Å². The Hall–Kier alpha value is -2.74. The van der Waals surface area contributed by atoms with E-state index in [2.05, 4.69) is 0 Å². The van der Waals surface area contributed by atoms with E-state index in [4.69, 9.17) is 32.7 Å². The number of ether oxygens (including phenoxy) is 2. The average molecular weight is 466 g/mol. The second kappa shape index (κ2) is 8.95. The molecule has 3 aromatic carbocycles. The summed E-state index contributed by atoms with van der Waals surface area (Å²) < 4.78 is 37.5. The lowest BCUT2D eigenvalue weighted by Gasteiger charge is -2.20. The van der Waals surface area contributed by atoms with Gasteiger partial charge in [0.2, 0.25) is 0 Å². The molecular weight excluding hydrogens is 449 g/mol. The molecule has 9 heteroatoms. The van der Waals surface area contributed by atoms with Crippen LogP contribution in [0.2, 0.25) is 10.0 Å². The summed E-state index contributed by atoms with van der Waals surface area (Å²) in [6.45, 7) is 0. The Morgan fingerprint density at radius 2 is 1.67 bits per heavy atom. The van der Waals surface area contributed by atoms with Crippen molar-refractivity contribution < 1.29 is 22.7 Å². The molecule has 0 aliphatic heterocycles. The van der Waals surface area contributed by atoms with E-state index in [0.29, 0.717) is 16.5 Å². The number of anilines is 1. The zero-order valence-corrected chi connectivity index (χ0v) is 18.3. The van der Waals surface area contributed by atoms with Crippen molar-refractivity contribution in [2.24, 2.45) is 0 Å². The monoisotopic (exact) mass is 465 g/mol. The van der Waals surface area contributed by atoms with Crippen molar-refractivity contribution in [3.63, 3.8) is 0 Å². The number of methoxy groups -OCH3 is 1. The van der Waals surface area contributed by atoms with Crippen LogP contribution in [0, 0.1) is 0 Å². The highest BCUT2D eigenvalue weighted by Crippen LogP contribution is 2.29. The number of halogens is 2. The largest absolute Gasteiger partial charge is 0.497 e. The number of nitrogens with zero attached hydrogens (tertiary/aromatic N) is 1. The Bertz CT molecular complexity index is 1180. The number of hydrogen-bond acceptors (Lipinski definition) is 5. The molecule has 3 aromatic rings. The minimum absolute atomic E-state index is 0.0512. The van der Waals surface area contributed by atoms with Crippen LogP contribution >= 0.6 is 23.2 Å². The summed E-state index contributed by atoms with van der Waals surface area (Å²) in [5.41, 5.74) is 0.490. The van der Waals surface area contributed by atoms with Crippen molar-refractivity contribution in [3.05, 3.63) is 82.3 Å². The van der Waals surface area contributed by atoms with Gasteiger partial charge in [-0.3, -0.25) is 4.31 Å². The van der Waals surface area contributed by atoms with Gasteiger partial charge < -0.3 is 9.47 Å². The van der Waals surface area contributed by atoms with Crippen LogP contribution in [0.15, 0.2) is 71.6 Å². The van der Waals surface area contributed by atoms with Crippen LogP contribution in [0.3, 0.4) is 0 Å². The molecule has 156 valence electrons. The minimum atomic E-state index is -3.92. The van der Waals surface area contributed by atoms with Crippen molar-refractivity contribution in [1.29, 1.82) is 0 Å². The highest BCUT2D eigenvalue weighted by molar-refractivity contribution is 7.92. The molecule has 0 spiro atoms. The van der Waals surface area contributed by atoms with Crippen molar-refractivity contribution in [2.45, 2.75) is 4.90 Å². The second-order valence-electron chi connectivity index (χ2n) is 6.16. The Kier molecular flexibility index (Phi) is 6.55. The van der Waals surface area contributed by atoms with E-state index in [1.807, 2.05) is 0 Å². The molecule has 0 aliphatic rings. The number of benzene rings is 3. The van der Waals surface area contributed by atoms with Crippen LogP contribution < -0.4 is 13.8 Å². The predicted molar refractivity (Wildman–Crippen MR) is 116 cm³/mol. The van der Waals surface area contributed by atoms with E-state index in [1.54, 1.807) is 30.3 Å². The summed E-state index contributed by atoms with van der Waals surface area (Å²) in [4.78, 5) is 12.5. The SMILES string of the molecule is COc1ccc(N(C)S(=O)(=O)c2cccc(C(=O)Oc3cc(Cl)ccc3Cl)c2)cc1. The van der Waals surface area contributed by atoms with E-state index in [1.165, 1.54) is 50.6 Å². The third-order valence-corrected chi connectivity index (χ3v) is 6.59. The zero-order chi connectivity index (χ0) is 21.9. The van der Waals surface area contributed by atoms with Gasteiger partial charge in [-0.25, -0.2) is 13.2 Å². The van der Waals surface area contributed by atoms with Gasteiger partial charge in [-0.15, -0.1) is 0 Å². The third-order valence-electron chi connectivity index (χ3n) is 4.26. The molecule has 0 bridgehead atoms. The maximum atomic E-state index is 13.0. The van der Waals surface area contributed by atoms with E-state index >= 15 is 0 Å². The van der Waals surface area contributed by atoms with Gasteiger partial charge in [0.05, 0.1) is 28.3 Å². The summed E-state index contributed by atoms with van der Waals surface area (Å²) in [5.74, 6) is -0.0740. The number of sulfonamides is 1. The molecule has 0 atom stereocenters. The lowest BCUT2D eigenvalue weighted by atomic mass is 10.2. The molecule has 0 aliphatic carbocycles. The fourth-order valence-electron chi connectivity index (χ4n) is 2.59. The molecular formula is C21H17Cl2NO5S. The van der Waals surface area contributed by atoms with E-state index in [0.717, 1.165) is 4.31 Å². The second-order valence-corrected chi connectivity index (χ2v) is 8.98.